The van der Waals surface area contributed by atoms with Crippen LogP contribution in [0.15, 0.2) is 126 Å². The molecule has 0 saturated heterocycles. The fourth-order valence-electron chi connectivity index (χ4n) is 4.40. The lowest BCUT2D eigenvalue weighted by Crippen LogP contribution is -2.34. The second-order valence-corrected chi connectivity index (χ2v) is 10.6. The van der Waals surface area contributed by atoms with Crippen LogP contribution in [0.25, 0.3) is 34.1 Å². The number of nitrogens with zero attached hydrogens (tertiary/aromatic N) is 4. The Morgan fingerprint density at radius 1 is 0.763 bits per heavy atom. The van der Waals surface area contributed by atoms with Gasteiger partial charge >= 0.3 is 0 Å². The third-order valence-corrected chi connectivity index (χ3v) is 7.67. The summed E-state index contributed by atoms with van der Waals surface area (Å²) in [6.07, 6.45) is 3.46. The Morgan fingerprint density at radius 2 is 1.50 bits per heavy atom. The SMILES string of the molecule is O=S(=O)(Nc1ccc(Cl)cc1)c1cccc(-c2n(-c3ccccn3)c3ccccc3[n+]2-c2ccccn2)c1. The summed E-state index contributed by atoms with van der Waals surface area (Å²) < 4.78 is 33.4. The molecule has 0 fully saturated rings. The maximum Gasteiger partial charge on any atom is 0.267 e. The summed E-state index contributed by atoms with van der Waals surface area (Å²) in [6, 6.07) is 32.7. The van der Waals surface area contributed by atoms with Crippen molar-refractivity contribution in [3.05, 3.63) is 127 Å². The Balaban J connectivity index is 1.59. The highest BCUT2D eigenvalue weighted by molar-refractivity contribution is 7.92. The number of imidazole rings is 1. The van der Waals surface area contributed by atoms with E-state index in [-0.39, 0.29) is 4.90 Å². The molecule has 0 bridgehead atoms. The fraction of sp³-hybridized carbons (Fsp3) is 0. The molecule has 0 radical (unpaired) electrons. The highest BCUT2D eigenvalue weighted by Gasteiger charge is 2.29. The van der Waals surface area contributed by atoms with E-state index in [2.05, 4.69) is 14.7 Å². The van der Waals surface area contributed by atoms with Crippen LogP contribution >= 0.6 is 11.6 Å². The van der Waals surface area contributed by atoms with Crippen molar-refractivity contribution in [2.75, 3.05) is 4.72 Å². The van der Waals surface area contributed by atoms with Gasteiger partial charge in [0.1, 0.15) is 17.2 Å². The van der Waals surface area contributed by atoms with E-state index < -0.39 is 10.0 Å². The minimum absolute atomic E-state index is 0.121. The third-order valence-electron chi connectivity index (χ3n) is 6.04. The lowest BCUT2D eigenvalue weighted by atomic mass is 10.2. The molecule has 0 saturated carbocycles. The molecule has 6 rings (SSSR count). The van der Waals surface area contributed by atoms with Gasteiger partial charge < -0.3 is 0 Å². The van der Waals surface area contributed by atoms with E-state index in [1.807, 2.05) is 75.9 Å². The third kappa shape index (κ3) is 4.40. The van der Waals surface area contributed by atoms with E-state index in [9.17, 15) is 8.42 Å². The number of aromatic nitrogens is 4. The van der Waals surface area contributed by atoms with Crippen LogP contribution in [-0.4, -0.2) is 23.0 Å². The minimum Gasteiger partial charge on any atom is -0.280 e. The molecule has 1 N–H and O–H groups in total. The topological polar surface area (TPSA) is 80.8 Å². The standard InChI is InChI=1S/C29H21ClN5O2S/c30-22-14-16-23(17-15-22)33-38(36,37)24-9-7-8-21(20-24)29-34(27-12-3-5-18-31-27)25-10-1-2-11-26(25)35(29)28-13-4-6-19-32-28/h1-20,33H/q+1. The van der Waals surface area contributed by atoms with Crippen molar-refractivity contribution in [2.24, 2.45) is 0 Å². The first-order chi connectivity index (χ1) is 18.5. The number of rotatable bonds is 6. The number of pyridine rings is 2. The second kappa shape index (κ2) is 9.74. The summed E-state index contributed by atoms with van der Waals surface area (Å²) in [5, 5.41) is 0.524. The van der Waals surface area contributed by atoms with E-state index >= 15 is 0 Å². The van der Waals surface area contributed by atoms with Crippen LogP contribution in [0.5, 0.6) is 0 Å². The smallest absolute Gasteiger partial charge is 0.267 e. The van der Waals surface area contributed by atoms with Gasteiger partial charge in [0.25, 0.3) is 15.8 Å². The number of para-hydroxylation sites is 2. The van der Waals surface area contributed by atoms with Gasteiger partial charge in [0.2, 0.25) is 5.82 Å². The Kier molecular flexibility index (Phi) is 6.11. The molecular formula is C29H21ClN5O2S+. The molecule has 9 heteroatoms. The monoisotopic (exact) mass is 538 g/mol. The normalized spacial score (nSPS) is 11.5. The zero-order valence-electron chi connectivity index (χ0n) is 19.9. The molecule has 0 aliphatic heterocycles. The van der Waals surface area contributed by atoms with Crippen molar-refractivity contribution in [1.82, 2.24) is 14.5 Å². The number of sulfonamides is 1. The molecule has 186 valence electrons. The summed E-state index contributed by atoms with van der Waals surface area (Å²) in [7, 11) is -3.88. The number of anilines is 1. The summed E-state index contributed by atoms with van der Waals surface area (Å²) >= 11 is 5.96. The summed E-state index contributed by atoms with van der Waals surface area (Å²) in [4.78, 5) is 9.35. The number of hydrogen-bond acceptors (Lipinski definition) is 4. The first-order valence-electron chi connectivity index (χ1n) is 11.8. The maximum atomic E-state index is 13.4. The van der Waals surface area contributed by atoms with Gasteiger partial charge in [-0.3, -0.25) is 4.72 Å². The number of halogens is 1. The van der Waals surface area contributed by atoms with E-state index in [0.717, 1.165) is 11.0 Å². The quantitative estimate of drug-likeness (QED) is 0.271. The lowest BCUT2D eigenvalue weighted by Gasteiger charge is -2.11. The Morgan fingerprint density at radius 3 is 2.24 bits per heavy atom. The number of benzene rings is 3. The van der Waals surface area contributed by atoms with Gasteiger partial charge in [-0.25, -0.2) is 18.0 Å². The van der Waals surface area contributed by atoms with E-state index in [4.69, 9.17) is 11.6 Å². The second-order valence-electron chi connectivity index (χ2n) is 8.50. The highest BCUT2D eigenvalue weighted by Crippen LogP contribution is 2.30. The first kappa shape index (κ1) is 23.8. The number of fused-ring (bicyclic) bond motifs is 1. The Bertz CT molecular complexity index is 1780. The van der Waals surface area contributed by atoms with Crippen molar-refractivity contribution in [2.45, 2.75) is 4.90 Å². The molecule has 7 nitrogen and oxygen atoms in total. The molecule has 38 heavy (non-hydrogen) atoms. The zero-order valence-corrected chi connectivity index (χ0v) is 21.5. The number of hydrogen-bond donors (Lipinski definition) is 1. The lowest BCUT2D eigenvalue weighted by molar-refractivity contribution is -0.559. The van der Waals surface area contributed by atoms with Crippen LogP contribution in [0.3, 0.4) is 0 Å². The highest BCUT2D eigenvalue weighted by atomic mass is 35.5. The molecule has 0 aliphatic carbocycles. The van der Waals surface area contributed by atoms with Crippen molar-refractivity contribution in [1.29, 1.82) is 0 Å². The summed E-state index contributed by atoms with van der Waals surface area (Å²) in [5.74, 6) is 2.11. The Labute approximate surface area is 224 Å². The first-order valence-corrected chi connectivity index (χ1v) is 13.6. The molecule has 0 spiro atoms. The van der Waals surface area contributed by atoms with Gasteiger partial charge in [-0.15, -0.1) is 4.98 Å². The van der Waals surface area contributed by atoms with Crippen molar-refractivity contribution in [3.8, 4) is 23.0 Å². The molecule has 3 aromatic carbocycles. The van der Waals surface area contributed by atoms with Gasteiger partial charge in [-0.05, 0) is 72.8 Å². The van der Waals surface area contributed by atoms with Crippen LogP contribution < -0.4 is 9.29 Å². The molecular weight excluding hydrogens is 518 g/mol. The molecule has 3 aromatic heterocycles. The summed E-state index contributed by atoms with van der Waals surface area (Å²) in [5.41, 5.74) is 2.90. The van der Waals surface area contributed by atoms with E-state index in [1.54, 1.807) is 54.9 Å². The molecule has 3 heterocycles. The van der Waals surface area contributed by atoms with Crippen LogP contribution in [0, 0.1) is 0 Å². The van der Waals surface area contributed by atoms with Gasteiger partial charge in [0.05, 0.1) is 4.90 Å². The van der Waals surface area contributed by atoms with Crippen LogP contribution in [-0.2, 0) is 10.0 Å². The predicted molar refractivity (Wildman–Crippen MR) is 148 cm³/mol. The van der Waals surface area contributed by atoms with Crippen LogP contribution in [0.2, 0.25) is 5.02 Å². The number of nitrogens with one attached hydrogen (secondary N) is 1. The summed E-state index contributed by atoms with van der Waals surface area (Å²) in [6.45, 7) is 0. The molecule has 0 atom stereocenters. The van der Waals surface area contributed by atoms with Crippen LogP contribution in [0.4, 0.5) is 5.69 Å². The average molecular weight is 539 g/mol. The molecule has 6 aromatic rings. The van der Waals surface area contributed by atoms with Gasteiger partial charge in [0.15, 0.2) is 5.82 Å². The molecule has 0 unspecified atom stereocenters. The molecule has 0 amide bonds. The maximum absolute atomic E-state index is 13.4. The van der Waals surface area contributed by atoms with Crippen LogP contribution in [0.1, 0.15) is 0 Å². The Hall–Kier alpha value is -4.53. The zero-order chi connectivity index (χ0) is 26.1. The van der Waals surface area contributed by atoms with Crippen molar-refractivity contribution in [3.63, 3.8) is 0 Å². The van der Waals surface area contributed by atoms with Crippen molar-refractivity contribution >= 4 is 38.3 Å². The van der Waals surface area contributed by atoms with E-state index in [0.29, 0.717) is 33.7 Å². The largest absolute Gasteiger partial charge is 0.280 e. The predicted octanol–water partition coefficient (Wildman–Crippen LogP) is 5.82. The van der Waals surface area contributed by atoms with Gasteiger partial charge in [-0.1, -0.05) is 41.9 Å². The van der Waals surface area contributed by atoms with Crippen molar-refractivity contribution < 1.29 is 13.0 Å². The average Bonchev–Trinajstić information content (AvgIpc) is 3.30. The van der Waals surface area contributed by atoms with E-state index in [1.165, 1.54) is 0 Å². The van der Waals surface area contributed by atoms with Gasteiger partial charge in [0, 0.05) is 28.5 Å². The van der Waals surface area contributed by atoms with Gasteiger partial charge in [-0.2, -0.15) is 4.57 Å². The fourth-order valence-corrected chi connectivity index (χ4v) is 5.63. The molecule has 0 aliphatic rings. The minimum atomic E-state index is -3.88.